The first-order valence-corrected chi connectivity index (χ1v) is 4.19. The van der Waals surface area contributed by atoms with Gasteiger partial charge in [0.15, 0.2) is 0 Å². The summed E-state index contributed by atoms with van der Waals surface area (Å²) in [6.07, 6.45) is 0. The minimum absolute atomic E-state index is 0. The molecule has 0 bridgehead atoms. The molecule has 4 N–H and O–H groups in total. The molecule has 12 heavy (non-hydrogen) atoms. The van der Waals surface area contributed by atoms with Gasteiger partial charge in [-0.25, -0.2) is 0 Å². The average Bonchev–Trinajstić information content (AvgIpc) is 1.12. The summed E-state index contributed by atoms with van der Waals surface area (Å²) in [5.74, 6) is 0. The van der Waals surface area contributed by atoms with Gasteiger partial charge in [0.2, 0.25) is 0 Å². The fourth-order valence-corrected chi connectivity index (χ4v) is 0. The van der Waals surface area contributed by atoms with Crippen molar-refractivity contribution < 1.29 is 35.0 Å². The quantitative estimate of drug-likeness (QED) is 0.266. The summed E-state index contributed by atoms with van der Waals surface area (Å²) in [6.45, 7) is 0. The molecule has 0 aliphatic rings. The zero-order valence-electron chi connectivity index (χ0n) is 4.24. The van der Waals surface area contributed by atoms with Crippen LogP contribution in [0, 0.1) is 0 Å². The summed E-state index contributed by atoms with van der Waals surface area (Å²) in [5.41, 5.74) is 0. The molecule has 0 aliphatic heterocycles. The van der Waals surface area contributed by atoms with Crippen molar-refractivity contribution in [1.82, 2.24) is 0 Å². The van der Waals surface area contributed by atoms with Gasteiger partial charge in [0, 0.05) is 0 Å². The van der Waals surface area contributed by atoms with Crippen LogP contribution in [0.25, 0.3) is 0 Å². The van der Waals surface area contributed by atoms with E-state index < -0.39 is 20.8 Å². The van der Waals surface area contributed by atoms with E-state index in [9.17, 15) is 0 Å². The van der Waals surface area contributed by atoms with Crippen LogP contribution in [0.4, 0.5) is 0 Å². The van der Waals surface area contributed by atoms with Crippen molar-refractivity contribution in [3.8, 4) is 0 Å². The molecule has 0 atom stereocenters. The first-order chi connectivity index (χ1) is 4.00. The topological polar surface area (TPSA) is 149 Å². The number of rotatable bonds is 0. The maximum absolute atomic E-state index is 8.74. The number of hydrogen-bond acceptors (Lipinski definition) is 4. The van der Waals surface area contributed by atoms with E-state index in [2.05, 4.69) is 0 Å². The molecular formula is H7BaNaO8S2. The van der Waals surface area contributed by atoms with Crippen LogP contribution < -0.4 is 0 Å². The van der Waals surface area contributed by atoms with Gasteiger partial charge in [-0.15, -0.1) is 0 Å². The molecule has 0 aliphatic carbocycles. The van der Waals surface area contributed by atoms with E-state index in [1.54, 1.807) is 0 Å². The third-order valence-corrected chi connectivity index (χ3v) is 0. The fourth-order valence-electron chi connectivity index (χ4n) is 0. The summed E-state index contributed by atoms with van der Waals surface area (Å²) >= 11 is 0. The van der Waals surface area contributed by atoms with Crippen LogP contribution in [0.2, 0.25) is 0 Å². The Hall–Kier alpha value is 2.31. The van der Waals surface area contributed by atoms with Gasteiger partial charge in [0.25, 0.3) is 0 Å². The summed E-state index contributed by atoms with van der Waals surface area (Å²) in [5, 5.41) is 0. The molecule has 0 saturated heterocycles. The Labute approximate surface area is 132 Å². The first kappa shape index (κ1) is 23.9. The zero-order chi connectivity index (χ0) is 9.00. The van der Waals surface area contributed by atoms with E-state index in [-0.39, 0.29) is 78.4 Å². The molecule has 0 heterocycles. The molecule has 0 rings (SSSR count). The number of hydrogen-bond donors (Lipinski definition) is 4. The molecule has 0 aromatic rings. The van der Waals surface area contributed by atoms with Crippen molar-refractivity contribution in [3.63, 3.8) is 0 Å². The summed E-state index contributed by atoms with van der Waals surface area (Å²) in [7, 11) is -9.33. The van der Waals surface area contributed by atoms with Crippen LogP contribution in [0.1, 0.15) is 0 Å². The van der Waals surface area contributed by atoms with E-state index in [0.717, 1.165) is 0 Å². The minimum atomic E-state index is -4.67. The van der Waals surface area contributed by atoms with Gasteiger partial charge in [0.1, 0.15) is 0 Å². The average molecular weight is 360 g/mol. The normalized spacial score (nSPS) is 9.67. The van der Waals surface area contributed by atoms with Gasteiger partial charge >= 0.3 is 99.2 Å². The molecule has 0 aromatic heterocycles. The predicted octanol–water partition coefficient (Wildman–Crippen LogP) is -2.87. The van der Waals surface area contributed by atoms with Gasteiger partial charge in [-0.05, 0) is 0 Å². The van der Waals surface area contributed by atoms with E-state index >= 15 is 0 Å². The van der Waals surface area contributed by atoms with E-state index in [4.69, 9.17) is 35.0 Å². The van der Waals surface area contributed by atoms with E-state index in [1.165, 1.54) is 0 Å². The van der Waals surface area contributed by atoms with Crippen molar-refractivity contribution >= 4 is 99.2 Å². The molecule has 0 saturated carbocycles. The zero-order valence-corrected chi connectivity index (χ0v) is 5.87. The Morgan fingerprint density at radius 3 is 0.667 bits per heavy atom. The van der Waals surface area contributed by atoms with Crippen molar-refractivity contribution in [1.29, 1.82) is 0 Å². The summed E-state index contributed by atoms with van der Waals surface area (Å²) in [4.78, 5) is 0. The Bertz CT molecular complexity index is 213. The monoisotopic (exact) mass is 360 g/mol. The van der Waals surface area contributed by atoms with Crippen molar-refractivity contribution in [3.05, 3.63) is 0 Å². The summed E-state index contributed by atoms with van der Waals surface area (Å²) < 4.78 is 63.2. The van der Waals surface area contributed by atoms with Crippen LogP contribution in [-0.2, 0) is 20.8 Å². The second kappa shape index (κ2) is 9.85. The van der Waals surface area contributed by atoms with Crippen molar-refractivity contribution in [2.75, 3.05) is 0 Å². The van der Waals surface area contributed by atoms with Crippen molar-refractivity contribution in [2.45, 2.75) is 0 Å². The van der Waals surface area contributed by atoms with Crippen molar-refractivity contribution in [2.24, 2.45) is 0 Å². The van der Waals surface area contributed by atoms with Gasteiger partial charge in [-0.2, -0.15) is 16.8 Å². The van der Waals surface area contributed by atoms with E-state index in [0.29, 0.717) is 0 Å². The molecule has 0 spiro atoms. The van der Waals surface area contributed by atoms with Gasteiger partial charge in [0.05, 0.1) is 0 Å². The molecule has 12 heteroatoms. The second-order valence-electron chi connectivity index (χ2n) is 0.896. The molecule has 0 unspecified atom stereocenters. The van der Waals surface area contributed by atoms with Crippen LogP contribution in [0.3, 0.4) is 0 Å². The molecule has 0 amide bonds. The SMILES string of the molecule is O=S(=O)(O)O.O=S(=O)(O)O.[BaH2].[NaH]. The predicted molar refractivity (Wildman–Crippen MR) is 44.0 cm³/mol. The fraction of sp³-hybridized carbons (Fsp3) is 0. The Kier molecular flexibility index (Phi) is 19.6. The molecule has 0 radical (unpaired) electrons. The molecule has 0 aromatic carbocycles. The van der Waals surface area contributed by atoms with Gasteiger partial charge in [-0.3, -0.25) is 18.2 Å². The third kappa shape index (κ3) is 295. The summed E-state index contributed by atoms with van der Waals surface area (Å²) in [6, 6.07) is 0. The second-order valence-corrected chi connectivity index (χ2v) is 2.69. The van der Waals surface area contributed by atoms with Crippen LogP contribution in [0.15, 0.2) is 0 Å². The Morgan fingerprint density at radius 1 is 0.667 bits per heavy atom. The molecule has 8 nitrogen and oxygen atoms in total. The molecular weight excluding hydrogens is 352 g/mol. The van der Waals surface area contributed by atoms with Crippen LogP contribution in [-0.4, -0.2) is 113 Å². The maximum atomic E-state index is 8.74. The van der Waals surface area contributed by atoms with Gasteiger partial charge < -0.3 is 0 Å². The molecule has 0 fully saturated rings. The Balaban J connectivity index is -0.0000000457. The third-order valence-electron chi connectivity index (χ3n) is 0. The first-order valence-electron chi connectivity index (χ1n) is 1.40. The van der Waals surface area contributed by atoms with Gasteiger partial charge in [-0.1, -0.05) is 0 Å². The van der Waals surface area contributed by atoms with Crippen LogP contribution >= 0.6 is 0 Å². The molecule has 70 valence electrons. The Morgan fingerprint density at radius 2 is 0.667 bits per heavy atom. The standard InChI is InChI=1S/Ba.Na.2H2O4S.3H/c;;2*1-5(2,3)4;;;/h;;2*(H2,1,2,3,4);;;. The van der Waals surface area contributed by atoms with E-state index in [1.807, 2.05) is 0 Å². The van der Waals surface area contributed by atoms with Crippen LogP contribution in [0.5, 0.6) is 0 Å².